The van der Waals surface area contributed by atoms with Crippen LogP contribution in [0.4, 0.5) is 5.69 Å². The Balaban J connectivity index is 2.36. The fourth-order valence-corrected chi connectivity index (χ4v) is 6.87. The van der Waals surface area contributed by atoms with Crippen molar-refractivity contribution in [3.05, 3.63) is 45.8 Å². The van der Waals surface area contributed by atoms with E-state index in [1.54, 1.807) is 19.1 Å². The highest BCUT2D eigenvalue weighted by Gasteiger charge is 2.31. The summed E-state index contributed by atoms with van der Waals surface area (Å²) < 4.78 is 2.12. The molecule has 0 saturated carbocycles. The number of aromatic nitrogens is 3. The Morgan fingerprint density at radius 1 is 1.03 bits per heavy atom. The van der Waals surface area contributed by atoms with Gasteiger partial charge in [-0.2, -0.15) is 0 Å². The highest BCUT2D eigenvalue weighted by Crippen LogP contribution is 2.32. The van der Waals surface area contributed by atoms with Crippen molar-refractivity contribution in [1.29, 1.82) is 0 Å². The van der Waals surface area contributed by atoms with E-state index in [0.29, 0.717) is 20.0 Å². The van der Waals surface area contributed by atoms with Gasteiger partial charge in [0.25, 0.3) is 5.69 Å². The number of benzene rings is 1. The second-order valence-corrected chi connectivity index (χ2v) is 10.8. The maximum absolute atomic E-state index is 13.6. The van der Waals surface area contributed by atoms with E-state index in [1.807, 2.05) is 37.5 Å². The number of thioether (sulfide) groups is 2. The number of ketones is 1. The molecular formula is C21H28N6O3S4. The first-order valence-electron chi connectivity index (χ1n) is 10.8. The Labute approximate surface area is 218 Å². The van der Waals surface area contributed by atoms with Crippen molar-refractivity contribution < 1.29 is 9.72 Å². The zero-order chi connectivity index (χ0) is 25.4. The zero-order valence-corrected chi connectivity index (χ0v) is 23.0. The van der Waals surface area contributed by atoms with Crippen LogP contribution in [0.3, 0.4) is 0 Å². The number of nitro benzene ring substituents is 1. The quantitative estimate of drug-likeness (QED) is 0.138. The van der Waals surface area contributed by atoms with Gasteiger partial charge in [0.15, 0.2) is 5.69 Å². The molecule has 0 unspecified atom stereocenters. The smallest absolute Gasteiger partial charge is 0.269 e. The average Bonchev–Trinajstić information content (AvgIpc) is 3.20. The molecule has 13 heteroatoms. The third-order valence-electron chi connectivity index (χ3n) is 5.11. The number of hydrogen-bond donors (Lipinski definition) is 0. The van der Waals surface area contributed by atoms with Crippen LogP contribution in [0.15, 0.2) is 24.3 Å². The predicted molar refractivity (Wildman–Crippen MR) is 147 cm³/mol. The van der Waals surface area contributed by atoms with Crippen LogP contribution in [0.2, 0.25) is 0 Å². The van der Waals surface area contributed by atoms with Gasteiger partial charge < -0.3 is 9.80 Å². The lowest BCUT2D eigenvalue weighted by Crippen LogP contribution is -2.32. The van der Waals surface area contributed by atoms with E-state index in [2.05, 4.69) is 10.3 Å². The third kappa shape index (κ3) is 6.74. The van der Waals surface area contributed by atoms with E-state index in [4.69, 9.17) is 24.4 Å². The lowest BCUT2D eigenvalue weighted by Gasteiger charge is -2.26. The average molecular weight is 541 g/mol. The van der Waals surface area contributed by atoms with Crippen LogP contribution in [0.1, 0.15) is 43.9 Å². The number of nitrogens with zero attached hydrogens (tertiary/aromatic N) is 6. The fourth-order valence-electron chi connectivity index (χ4n) is 3.06. The molecule has 0 spiro atoms. The van der Waals surface area contributed by atoms with Gasteiger partial charge in [0.2, 0.25) is 5.78 Å². The summed E-state index contributed by atoms with van der Waals surface area (Å²) in [5.74, 6) is -0.232. The fraction of sp³-hybridized carbons (Fsp3) is 0.476. The number of Topliss-reactive ketones (excluding diaryl/α,β-unsaturated/α-hetero) is 1. The van der Waals surface area contributed by atoms with Crippen LogP contribution in [0.5, 0.6) is 0 Å². The van der Waals surface area contributed by atoms with Crippen molar-refractivity contribution in [3.8, 4) is 5.69 Å². The standard InChI is InChI=1S/C21H28N6O3S4/c1-6-24(7-2)20(31)33-19(34-21(32)25(8-3)9-4)18(28)17-14(5)26(23-22-17)15-10-12-16(13-11-15)27(29)30/h10-13,19H,6-9H2,1-5H3. The number of nitro groups is 1. The Morgan fingerprint density at radius 3 is 1.91 bits per heavy atom. The summed E-state index contributed by atoms with van der Waals surface area (Å²) in [5, 5.41) is 19.2. The van der Waals surface area contributed by atoms with Crippen LogP contribution in [0, 0.1) is 17.0 Å². The minimum absolute atomic E-state index is 0.0273. The third-order valence-corrected chi connectivity index (χ3v) is 8.55. The zero-order valence-electron chi connectivity index (χ0n) is 19.8. The minimum atomic E-state index is -0.623. The van der Waals surface area contributed by atoms with Gasteiger partial charge in [-0.1, -0.05) is 53.2 Å². The van der Waals surface area contributed by atoms with E-state index in [9.17, 15) is 14.9 Å². The minimum Gasteiger partial charge on any atom is -0.358 e. The predicted octanol–water partition coefficient (Wildman–Crippen LogP) is 4.71. The molecule has 0 aliphatic heterocycles. The highest BCUT2D eigenvalue weighted by molar-refractivity contribution is 8.37. The number of hydrogen-bond acceptors (Lipinski definition) is 9. The molecule has 1 heterocycles. The van der Waals surface area contributed by atoms with Crippen molar-refractivity contribution in [1.82, 2.24) is 24.8 Å². The SMILES string of the molecule is CCN(CC)C(=S)SC(SC(=S)N(CC)CC)C(=O)c1nnn(-c2ccc([N+](=O)[O-])cc2)c1C. The van der Waals surface area contributed by atoms with Crippen LogP contribution in [-0.2, 0) is 0 Å². The van der Waals surface area contributed by atoms with Gasteiger partial charge in [-0.25, -0.2) is 4.68 Å². The van der Waals surface area contributed by atoms with Gasteiger partial charge in [0.1, 0.15) is 13.2 Å². The van der Waals surface area contributed by atoms with E-state index < -0.39 is 9.51 Å². The van der Waals surface area contributed by atoms with Crippen LogP contribution in [0.25, 0.3) is 5.69 Å². The van der Waals surface area contributed by atoms with Crippen LogP contribution < -0.4 is 0 Å². The summed E-state index contributed by atoms with van der Waals surface area (Å²) in [7, 11) is 0. The van der Waals surface area contributed by atoms with Gasteiger partial charge in [0, 0.05) is 38.3 Å². The van der Waals surface area contributed by atoms with E-state index in [0.717, 1.165) is 26.2 Å². The van der Waals surface area contributed by atoms with Crippen molar-refractivity contribution in [2.24, 2.45) is 0 Å². The van der Waals surface area contributed by atoms with Crippen LogP contribution >= 0.6 is 48.0 Å². The maximum Gasteiger partial charge on any atom is 0.269 e. The lowest BCUT2D eigenvalue weighted by molar-refractivity contribution is -0.384. The van der Waals surface area contributed by atoms with Crippen molar-refractivity contribution in [2.45, 2.75) is 39.2 Å². The molecule has 0 saturated heterocycles. The topological polar surface area (TPSA) is 97.4 Å². The second-order valence-electron chi connectivity index (χ2n) is 7.02. The normalized spacial score (nSPS) is 10.9. The van der Waals surface area contributed by atoms with E-state index >= 15 is 0 Å². The molecule has 2 aromatic rings. The summed E-state index contributed by atoms with van der Waals surface area (Å²) in [5.41, 5.74) is 1.30. The summed E-state index contributed by atoms with van der Waals surface area (Å²) in [6, 6.07) is 5.91. The van der Waals surface area contributed by atoms with Crippen molar-refractivity contribution >= 4 is 68.1 Å². The molecule has 0 fully saturated rings. The summed E-state index contributed by atoms with van der Waals surface area (Å²) in [6.07, 6.45) is 0. The lowest BCUT2D eigenvalue weighted by atomic mass is 10.2. The van der Waals surface area contributed by atoms with Gasteiger partial charge in [-0.05, 0) is 46.8 Å². The van der Waals surface area contributed by atoms with Gasteiger partial charge in [-0.15, -0.1) is 5.10 Å². The van der Waals surface area contributed by atoms with Crippen molar-refractivity contribution in [2.75, 3.05) is 26.2 Å². The summed E-state index contributed by atoms with van der Waals surface area (Å²) >= 11 is 13.8. The maximum atomic E-state index is 13.6. The number of carbonyl (C=O) groups is 1. The molecule has 184 valence electrons. The Hall–Kier alpha value is -2.09. The summed E-state index contributed by atoms with van der Waals surface area (Å²) in [6.45, 7) is 12.8. The molecule has 1 aromatic heterocycles. The molecule has 0 aliphatic carbocycles. The van der Waals surface area contributed by atoms with E-state index in [1.165, 1.54) is 40.3 Å². The second kappa shape index (κ2) is 13.1. The molecule has 0 radical (unpaired) electrons. The Morgan fingerprint density at radius 2 is 1.50 bits per heavy atom. The molecule has 0 bridgehead atoms. The monoisotopic (exact) mass is 540 g/mol. The Kier molecular flexibility index (Phi) is 10.9. The number of carbonyl (C=O) groups excluding carboxylic acids is 1. The van der Waals surface area contributed by atoms with Gasteiger partial charge in [0.05, 0.1) is 16.3 Å². The first-order valence-corrected chi connectivity index (χ1v) is 13.4. The molecule has 0 N–H and O–H groups in total. The van der Waals surface area contributed by atoms with E-state index in [-0.39, 0.29) is 17.2 Å². The van der Waals surface area contributed by atoms with Gasteiger partial charge >= 0.3 is 0 Å². The van der Waals surface area contributed by atoms with Crippen molar-refractivity contribution in [3.63, 3.8) is 0 Å². The molecule has 1 aromatic carbocycles. The molecule has 0 aliphatic rings. The molecule has 34 heavy (non-hydrogen) atoms. The molecular weight excluding hydrogens is 513 g/mol. The largest absolute Gasteiger partial charge is 0.358 e. The highest BCUT2D eigenvalue weighted by atomic mass is 32.2. The Bertz CT molecular complexity index is 1010. The number of rotatable bonds is 10. The van der Waals surface area contributed by atoms with Crippen LogP contribution in [-0.4, -0.2) is 74.9 Å². The first-order chi connectivity index (χ1) is 16.2. The molecule has 0 atom stereocenters. The molecule has 0 amide bonds. The number of thiocarbonyl (C=S) groups is 2. The number of non-ortho nitro benzene ring substituents is 1. The first kappa shape index (κ1) is 28.1. The molecule has 9 nitrogen and oxygen atoms in total. The summed E-state index contributed by atoms with van der Waals surface area (Å²) in [4.78, 5) is 28.1. The molecule has 2 rings (SSSR count). The van der Waals surface area contributed by atoms with Gasteiger partial charge in [-0.3, -0.25) is 14.9 Å².